The van der Waals surface area contributed by atoms with Crippen molar-refractivity contribution in [2.24, 2.45) is 23.7 Å². The molecule has 3 aliphatic rings. The lowest BCUT2D eigenvalue weighted by molar-refractivity contribution is 0.115. The van der Waals surface area contributed by atoms with Crippen LogP contribution in [-0.4, -0.2) is 0 Å². The Morgan fingerprint density at radius 1 is 0.667 bits per heavy atom. The Balaban J connectivity index is 1.87. The van der Waals surface area contributed by atoms with E-state index in [-0.39, 0.29) is 0 Å². The van der Waals surface area contributed by atoms with Crippen LogP contribution < -0.4 is 0 Å². The predicted molar refractivity (Wildman–Crippen MR) is 37.0 cm³/mol. The second-order valence-electron chi connectivity index (χ2n) is 4.24. The van der Waals surface area contributed by atoms with Crippen LogP contribution in [0, 0.1) is 23.7 Å². The van der Waals surface area contributed by atoms with E-state index in [0.717, 1.165) is 0 Å². The number of rotatable bonds is 0. The van der Waals surface area contributed by atoms with Crippen molar-refractivity contribution in [3.8, 4) is 0 Å². The smallest absolute Gasteiger partial charge is 0.0355 e. The molecule has 3 saturated carbocycles. The SMILES string of the molecule is C1CC2C1CC1CCC12. The highest BCUT2D eigenvalue weighted by Gasteiger charge is 2.51. The van der Waals surface area contributed by atoms with Gasteiger partial charge in [-0.05, 0) is 55.8 Å². The Kier molecular flexibility index (Phi) is 0.717. The van der Waals surface area contributed by atoms with Crippen LogP contribution in [0.5, 0.6) is 0 Å². The van der Waals surface area contributed by atoms with E-state index >= 15 is 0 Å². The minimum absolute atomic E-state index is 1.21. The van der Waals surface area contributed by atoms with Gasteiger partial charge < -0.3 is 0 Å². The summed E-state index contributed by atoms with van der Waals surface area (Å²) in [6.07, 6.45) is 7.96. The Bertz CT molecular complexity index is 123. The Morgan fingerprint density at radius 3 is 1.44 bits per heavy atom. The maximum absolute atomic E-state index is 1.62. The summed E-state index contributed by atoms with van der Waals surface area (Å²) >= 11 is 0. The standard InChI is InChI=1S/C9H14/c1-3-8-6(1)5-7-2-4-9(7)8/h6-9H,1-5H2. The first kappa shape index (κ1) is 4.76. The molecule has 3 aliphatic carbocycles. The van der Waals surface area contributed by atoms with Gasteiger partial charge in [-0.3, -0.25) is 0 Å². The van der Waals surface area contributed by atoms with Crippen LogP contribution in [0.25, 0.3) is 0 Å². The van der Waals surface area contributed by atoms with Crippen molar-refractivity contribution in [1.82, 2.24) is 0 Å². The Labute approximate surface area is 56.6 Å². The van der Waals surface area contributed by atoms with E-state index in [9.17, 15) is 0 Å². The number of fused-ring (bicyclic) bond motifs is 3. The van der Waals surface area contributed by atoms with Crippen molar-refractivity contribution in [3.05, 3.63) is 0 Å². The van der Waals surface area contributed by atoms with Crippen LogP contribution in [0.1, 0.15) is 32.1 Å². The lowest BCUT2D eigenvalue weighted by Crippen LogP contribution is -2.29. The summed E-state index contributed by atoms with van der Waals surface area (Å²) in [5.41, 5.74) is 0. The average molecular weight is 122 g/mol. The summed E-state index contributed by atoms with van der Waals surface area (Å²) in [7, 11) is 0. The van der Waals surface area contributed by atoms with Gasteiger partial charge in [0.05, 0.1) is 0 Å². The zero-order valence-corrected chi connectivity index (χ0v) is 5.84. The molecule has 3 rings (SSSR count). The molecule has 0 N–H and O–H groups in total. The first-order chi connectivity index (χ1) is 4.45. The first-order valence-electron chi connectivity index (χ1n) is 4.45. The average Bonchev–Trinajstić information content (AvgIpc) is 1.88. The minimum Gasteiger partial charge on any atom is -0.0499 e. The third-order valence-electron chi connectivity index (χ3n) is 4.11. The zero-order chi connectivity index (χ0) is 5.84. The third-order valence-corrected chi connectivity index (χ3v) is 4.11. The molecule has 0 spiro atoms. The van der Waals surface area contributed by atoms with Gasteiger partial charge in [-0.1, -0.05) is 0 Å². The quantitative estimate of drug-likeness (QED) is 0.463. The van der Waals surface area contributed by atoms with Crippen LogP contribution in [0.2, 0.25) is 0 Å². The molecule has 50 valence electrons. The molecule has 0 aromatic heterocycles. The van der Waals surface area contributed by atoms with Crippen molar-refractivity contribution in [3.63, 3.8) is 0 Å². The fourth-order valence-corrected chi connectivity index (χ4v) is 3.29. The molecule has 0 heteroatoms. The molecule has 0 bridgehead atoms. The van der Waals surface area contributed by atoms with Crippen molar-refractivity contribution in [2.45, 2.75) is 32.1 Å². The molecule has 0 aromatic carbocycles. The molecule has 4 atom stereocenters. The van der Waals surface area contributed by atoms with E-state index in [1.165, 1.54) is 23.7 Å². The lowest BCUT2D eigenvalue weighted by atomic mass is 9.67. The van der Waals surface area contributed by atoms with Crippen molar-refractivity contribution in [2.75, 3.05) is 0 Å². The maximum atomic E-state index is 1.62. The molecule has 0 aliphatic heterocycles. The third kappa shape index (κ3) is 0.426. The molecule has 0 aromatic rings. The van der Waals surface area contributed by atoms with E-state index in [0.29, 0.717) is 0 Å². The first-order valence-corrected chi connectivity index (χ1v) is 4.45. The number of hydrogen-bond donors (Lipinski definition) is 0. The van der Waals surface area contributed by atoms with Gasteiger partial charge in [0, 0.05) is 0 Å². The molecule has 0 nitrogen and oxygen atoms in total. The molecule has 4 unspecified atom stereocenters. The van der Waals surface area contributed by atoms with Gasteiger partial charge in [0.2, 0.25) is 0 Å². The molecule has 9 heavy (non-hydrogen) atoms. The van der Waals surface area contributed by atoms with Crippen LogP contribution in [-0.2, 0) is 0 Å². The van der Waals surface area contributed by atoms with E-state index in [4.69, 9.17) is 0 Å². The van der Waals surface area contributed by atoms with E-state index in [1.54, 1.807) is 32.1 Å². The van der Waals surface area contributed by atoms with Crippen molar-refractivity contribution >= 4 is 0 Å². The van der Waals surface area contributed by atoms with Crippen LogP contribution in [0.15, 0.2) is 0 Å². The van der Waals surface area contributed by atoms with Gasteiger partial charge in [0.15, 0.2) is 0 Å². The Morgan fingerprint density at radius 2 is 1.22 bits per heavy atom. The highest BCUT2D eigenvalue weighted by molar-refractivity contribution is 5.01. The largest absolute Gasteiger partial charge is 0.0499 e. The van der Waals surface area contributed by atoms with Crippen molar-refractivity contribution in [1.29, 1.82) is 0 Å². The molecular formula is C9H14. The van der Waals surface area contributed by atoms with Crippen LogP contribution in [0.4, 0.5) is 0 Å². The molecule has 0 saturated heterocycles. The monoisotopic (exact) mass is 122 g/mol. The normalized spacial score (nSPS) is 61.3. The van der Waals surface area contributed by atoms with E-state index in [2.05, 4.69) is 0 Å². The maximum Gasteiger partial charge on any atom is -0.0355 e. The summed E-state index contributed by atoms with van der Waals surface area (Å²) in [4.78, 5) is 0. The van der Waals surface area contributed by atoms with Crippen LogP contribution >= 0.6 is 0 Å². The van der Waals surface area contributed by atoms with E-state index < -0.39 is 0 Å². The number of hydrogen-bond acceptors (Lipinski definition) is 0. The summed E-state index contributed by atoms with van der Waals surface area (Å²) in [5.74, 6) is 4.87. The van der Waals surface area contributed by atoms with Gasteiger partial charge in [-0.15, -0.1) is 0 Å². The van der Waals surface area contributed by atoms with Gasteiger partial charge in [0.25, 0.3) is 0 Å². The van der Waals surface area contributed by atoms with Gasteiger partial charge in [0.1, 0.15) is 0 Å². The molecule has 0 amide bonds. The minimum atomic E-state index is 1.21. The predicted octanol–water partition coefficient (Wildman–Crippen LogP) is 2.44. The summed E-state index contributed by atoms with van der Waals surface area (Å²) in [6.45, 7) is 0. The Hall–Kier alpha value is 0. The molecule has 0 radical (unpaired) electrons. The zero-order valence-electron chi connectivity index (χ0n) is 5.84. The highest BCUT2D eigenvalue weighted by atomic mass is 14.6. The summed E-state index contributed by atoms with van der Waals surface area (Å²) in [6, 6.07) is 0. The molecule has 0 heterocycles. The second-order valence-corrected chi connectivity index (χ2v) is 4.24. The summed E-state index contributed by atoms with van der Waals surface area (Å²) < 4.78 is 0. The van der Waals surface area contributed by atoms with Crippen LogP contribution in [0.3, 0.4) is 0 Å². The fraction of sp³-hybridized carbons (Fsp3) is 1.00. The topological polar surface area (TPSA) is 0 Å². The van der Waals surface area contributed by atoms with Crippen molar-refractivity contribution < 1.29 is 0 Å². The van der Waals surface area contributed by atoms with E-state index in [1.807, 2.05) is 0 Å². The molecule has 3 fully saturated rings. The van der Waals surface area contributed by atoms with Gasteiger partial charge in [-0.25, -0.2) is 0 Å². The van der Waals surface area contributed by atoms with Gasteiger partial charge in [-0.2, -0.15) is 0 Å². The second kappa shape index (κ2) is 1.36. The molecular weight excluding hydrogens is 108 g/mol. The lowest BCUT2D eigenvalue weighted by Gasteiger charge is -2.38. The highest BCUT2D eigenvalue weighted by Crippen LogP contribution is 2.60. The fourth-order valence-electron chi connectivity index (χ4n) is 3.29. The van der Waals surface area contributed by atoms with Gasteiger partial charge >= 0.3 is 0 Å². The summed E-state index contributed by atoms with van der Waals surface area (Å²) in [5, 5.41) is 0.